The molecule has 0 aromatic heterocycles. The van der Waals surface area contributed by atoms with E-state index in [4.69, 9.17) is 0 Å². The normalized spacial score (nSPS) is 18.2. The molecule has 9 rings (SSSR count). The first-order chi connectivity index (χ1) is 27.4. The Balaban J connectivity index is 1.44. The van der Waals surface area contributed by atoms with Crippen LogP contribution in [0.25, 0.3) is 45.5 Å². The van der Waals surface area contributed by atoms with Crippen LogP contribution >= 0.6 is 17.0 Å². The third-order valence-electron chi connectivity index (χ3n) is 13.8. The van der Waals surface area contributed by atoms with Crippen molar-refractivity contribution in [3.63, 3.8) is 0 Å². The zero-order chi connectivity index (χ0) is 41.1. The number of allylic oxidation sites excluding steroid dienone is 2. The topological polar surface area (TPSA) is 0 Å². The van der Waals surface area contributed by atoms with Crippen LogP contribution in [0.2, 0.25) is 0 Å². The van der Waals surface area contributed by atoms with Crippen molar-refractivity contribution in [2.45, 2.75) is 76.5 Å². The van der Waals surface area contributed by atoms with Gasteiger partial charge in [0, 0.05) is 0 Å². The monoisotopic (exact) mass is 891 g/mol. The Hall–Kier alpha value is -3.52. The van der Waals surface area contributed by atoms with Crippen LogP contribution < -0.4 is 13.6 Å². The molecule has 0 saturated carbocycles. The quantitative estimate of drug-likeness (QED) is 0.151. The number of aryl methyl sites for hydroxylation is 4. The molecule has 0 saturated heterocycles. The molecule has 3 aliphatic rings. The van der Waals surface area contributed by atoms with E-state index in [9.17, 15) is 17.0 Å². The van der Waals surface area contributed by atoms with Gasteiger partial charge in [0.15, 0.2) is 0 Å². The Morgan fingerprint density at radius 3 is 1.36 bits per heavy atom. The molecule has 2 atom stereocenters. The Bertz CT molecular complexity index is 2630. The summed E-state index contributed by atoms with van der Waals surface area (Å²) in [6.07, 6.45) is 5.07. The molecule has 2 unspecified atom stereocenters. The summed E-state index contributed by atoms with van der Waals surface area (Å²) in [6.45, 7) is 23.3. The van der Waals surface area contributed by atoms with Crippen LogP contribution in [0, 0.1) is 38.5 Å². The fourth-order valence-corrected chi connectivity index (χ4v) is 39.4. The molecule has 58 heavy (non-hydrogen) atoms. The minimum atomic E-state index is -5.77. The summed E-state index contributed by atoms with van der Waals surface area (Å²) in [5.41, 5.74) is 20.5. The number of rotatable bonds is 5. The summed E-state index contributed by atoms with van der Waals surface area (Å²) in [6, 6.07) is 43.3. The van der Waals surface area contributed by atoms with Gasteiger partial charge in [0.2, 0.25) is 0 Å². The molecule has 6 aromatic carbocycles. The second-order valence-electron chi connectivity index (χ2n) is 19.5. The molecule has 1 heterocycles. The molecule has 6 aromatic rings. The predicted molar refractivity (Wildman–Crippen MR) is 254 cm³/mol. The van der Waals surface area contributed by atoms with Gasteiger partial charge in [-0.25, -0.2) is 0 Å². The van der Waals surface area contributed by atoms with Crippen LogP contribution in [-0.2, 0) is 16.4 Å². The first-order valence-corrected chi connectivity index (χ1v) is 32.8. The average Bonchev–Trinajstić information content (AvgIpc) is 3.89. The fourth-order valence-electron chi connectivity index (χ4n) is 11.1. The van der Waals surface area contributed by atoms with E-state index in [1.54, 1.807) is 0 Å². The first kappa shape index (κ1) is 39.9. The summed E-state index contributed by atoms with van der Waals surface area (Å²) in [5, 5.41) is 2.95. The average molecular weight is 894 g/mol. The van der Waals surface area contributed by atoms with Crippen molar-refractivity contribution in [1.82, 2.24) is 0 Å². The van der Waals surface area contributed by atoms with E-state index >= 15 is 0 Å². The third kappa shape index (κ3) is 5.90. The van der Waals surface area contributed by atoms with Crippen LogP contribution in [0.3, 0.4) is 0 Å². The minimum absolute atomic E-state index is 0.155. The van der Waals surface area contributed by atoms with Crippen molar-refractivity contribution >= 4 is 52.3 Å². The number of fused-ring (bicyclic) bond motifs is 5. The van der Waals surface area contributed by atoms with Crippen LogP contribution in [0.5, 0.6) is 0 Å². The van der Waals surface area contributed by atoms with E-state index in [2.05, 4.69) is 197 Å². The summed E-state index contributed by atoms with van der Waals surface area (Å²) < 4.78 is 0.969. The molecule has 293 valence electrons. The third-order valence-corrected chi connectivity index (χ3v) is 36.3. The molecule has 0 N–H and O–H groups in total. The van der Waals surface area contributed by atoms with E-state index < -0.39 is 25.9 Å². The second kappa shape index (κ2) is 13.8. The van der Waals surface area contributed by atoms with E-state index in [1.807, 2.05) is 0 Å². The van der Waals surface area contributed by atoms with Gasteiger partial charge in [-0.3, -0.25) is 0 Å². The molecule has 0 fully saturated rings. The zero-order valence-electron chi connectivity index (χ0n) is 35.7. The van der Waals surface area contributed by atoms with Crippen molar-refractivity contribution in [3.05, 3.63) is 171 Å². The summed E-state index contributed by atoms with van der Waals surface area (Å²) in [7, 11) is 18.1. The van der Waals surface area contributed by atoms with Crippen LogP contribution in [0.1, 0.15) is 93.3 Å². The molecule has 0 amide bonds. The maximum absolute atomic E-state index is 9.47. The van der Waals surface area contributed by atoms with Crippen molar-refractivity contribution in [2.24, 2.45) is 10.8 Å². The van der Waals surface area contributed by atoms with Crippen LogP contribution in [-0.4, -0.2) is 9.52 Å². The van der Waals surface area contributed by atoms with Crippen molar-refractivity contribution < 1.29 is 16.4 Å². The molecule has 2 aliphatic carbocycles. The molecule has 0 nitrogen and oxygen atoms in total. The van der Waals surface area contributed by atoms with Gasteiger partial charge in [0.1, 0.15) is 0 Å². The number of halogens is 2. The molecule has 0 bridgehead atoms. The van der Waals surface area contributed by atoms with E-state index in [0.717, 1.165) is 0 Å². The van der Waals surface area contributed by atoms with Gasteiger partial charge in [-0.2, -0.15) is 0 Å². The Morgan fingerprint density at radius 1 is 0.466 bits per heavy atom. The van der Waals surface area contributed by atoms with Crippen LogP contribution in [0.4, 0.5) is 0 Å². The van der Waals surface area contributed by atoms with Gasteiger partial charge in [-0.05, 0) is 0 Å². The SMILES string of the molecule is Cc1ccccc1-c1c(C)ccc2c1C=C(C(C)(C)C)[CH]2[Zr]([Cl])([Cl])([c]1cccc2c1[SiH2]c1ccccc1-2)[CH]1C(C(C)(C)C)=Cc2c1ccc(C)c2-c1ccccc1C. The summed E-state index contributed by atoms with van der Waals surface area (Å²) in [4.78, 5) is 0. The first-order valence-electron chi connectivity index (χ1n) is 21.0. The van der Waals surface area contributed by atoms with E-state index in [1.165, 1.54) is 103 Å². The number of benzene rings is 6. The molecule has 1 aliphatic heterocycles. The summed E-state index contributed by atoms with van der Waals surface area (Å²) in [5.74, 6) is 0. The van der Waals surface area contributed by atoms with Gasteiger partial charge in [0.25, 0.3) is 0 Å². The predicted octanol–water partition coefficient (Wildman–Crippen LogP) is 13.3. The standard InChI is InChI=1S/2C21H23.C12H9Si.2ClH.Zr/c2*1-14-8-6-7-9-18(14)20-15(2)10-11-16-12-17(13-19(16)20)21(3,4)5;1-3-7-11-9(5-1)10-6-2-4-8-12(10)13-11;;;/h2*6-13H,1-5H3;1-7H,13H2;2*1H;/q;;;;;+2/p-2. The van der Waals surface area contributed by atoms with Crippen molar-refractivity contribution in [3.8, 4) is 33.4 Å². The number of hydrogen-bond acceptors (Lipinski definition) is 0. The van der Waals surface area contributed by atoms with Gasteiger partial charge in [0.05, 0.1) is 0 Å². The Kier molecular flexibility index (Phi) is 9.47. The van der Waals surface area contributed by atoms with Gasteiger partial charge >= 0.3 is 360 Å². The molecule has 0 radical (unpaired) electrons. The molecule has 4 heteroatoms. The van der Waals surface area contributed by atoms with Crippen molar-refractivity contribution in [2.75, 3.05) is 0 Å². The molecular formula is C54H55Cl2SiZr. The zero-order valence-corrected chi connectivity index (χ0v) is 41.1. The fraction of sp³-hybridized carbons (Fsp3) is 0.259. The maximum atomic E-state index is 9.47. The van der Waals surface area contributed by atoms with Gasteiger partial charge in [-0.15, -0.1) is 0 Å². The summed E-state index contributed by atoms with van der Waals surface area (Å²) >= 11 is -5.77. The van der Waals surface area contributed by atoms with E-state index in [0.29, 0.717) is 0 Å². The van der Waals surface area contributed by atoms with E-state index in [-0.39, 0.29) is 18.1 Å². The van der Waals surface area contributed by atoms with Gasteiger partial charge < -0.3 is 0 Å². The second-order valence-corrected chi connectivity index (χ2v) is 42.0. The molecular weight excluding hydrogens is 839 g/mol. The Morgan fingerprint density at radius 2 is 0.897 bits per heavy atom. The Labute approximate surface area is 357 Å². The van der Waals surface area contributed by atoms with Gasteiger partial charge in [-0.1, -0.05) is 0 Å². The molecule has 0 spiro atoms. The van der Waals surface area contributed by atoms with Crippen LogP contribution in [0.15, 0.2) is 126 Å². The van der Waals surface area contributed by atoms with Crippen molar-refractivity contribution in [1.29, 1.82) is 0 Å². The number of hydrogen-bond donors (Lipinski definition) is 0.